The van der Waals surface area contributed by atoms with E-state index in [-0.39, 0.29) is 12.2 Å². The van der Waals surface area contributed by atoms with Gasteiger partial charge in [-0.25, -0.2) is 9.79 Å². The molecule has 180 valence electrons. The number of methoxy groups -OCH3 is 2. The predicted molar refractivity (Wildman–Crippen MR) is 136 cm³/mol. The molecule has 0 radical (unpaired) electrons. The summed E-state index contributed by atoms with van der Waals surface area (Å²) in [5.74, 6) is 0.773. The topological polar surface area (TPSA) is 79.1 Å². The second-order valence-corrected chi connectivity index (χ2v) is 8.73. The van der Waals surface area contributed by atoms with Crippen molar-refractivity contribution in [3.63, 3.8) is 0 Å². The maximum Gasteiger partial charge on any atom is 0.338 e. The van der Waals surface area contributed by atoms with Gasteiger partial charge in [-0.1, -0.05) is 53.8 Å². The summed E-state index contributed by atoms with van der Waals surface area (Å²) in [7, 11) is 3.16. The third-order valence-corrected chi connectivity index (χ3v) is 6.54. The number of carbonyl (C=O) groups is 1. The van der Waals surface area contributed by atoms with Crippen molar-refractivity contribution in [3.05, 3.63) is 96.7 Å². The van der Waals surface area contributed by atoms with E-state index in [4.69, 9.17) is 14.2 Å². The molecule has 1 atom stereocenters. The Balaban J connectivity index is 1.90. The Morgan fingerprint density at radius 2 is 1.91 bits per heavy atom. The zero-order valence-corrected chi connectivity index (χ0v) is 20.8. The highest BCUT2D eigenvalue weighted by atomic mass is 32.1. The molecule has 1 aliphatic rings. The summed E-state index contributed by atoms with van der Waals surface area (Å²) >= 11 is 1.26. The molecule has 3 aromatic rings. The molecule has 2 aromatic carbocycles. The van der Waals surface area contributed by atoms with Crippen LogP contribution in [-0.2, 0) is 9.53 Å². The van der Waals surface area contributed by atoms with Crippen molar-refractivity contribution in [1.82, 2.24) is 4.57 Å². The Labute approximate surface area is 206 Å². The lowest BCUT2D eigenvalue weighted by molar-refractivity contribution is -0.139. The van der Waals surface area contributed by atoms with Gasteiger partial charge in [-0.05, 0) is 43.7 Å². The SMILES string of the molecule is CCOC(=O)C1=C(C)N=c2s/c(=C\c3cc(OC)ccc3OC)c(=O)n2[C@@H]1/C=C/c1ccccc1. The number of nitrogens with zero attached hydrogens (tertiary/aromatic N) is 2. The standard InChI is InChI=1S/C27H26N2O5S/c1-5-34-26(31)24-17(2)28-27-29(21(24)13-11-18-9-7-6-8-10-18)25(30)23(35-27)16-19-15-20(32-3)12-14-22(19)33-4/h6-16,21H,5H2,1-4H3/b13-11+,23-16-/t21-/m1/s1. The van der Waals surface area contributed by atoms with Crippen molar-refractivity contribution < 1.29 is 19.0 Å². The van der Waals surface area contributed by atoms with E-state index in [9.17, 15) is 9.59 Å². The molecular formula is C27H26N2O5S. The largest absolute Gasteiger partial charge is 0.497 e. The highest BCUT2D eigenvalue weighted by Gasteiger charge is 2.30. The van der Waals surface area contributed by atoms with Crippen LogP contribution >= 0.6 is 11.3 Å². The van der Waals surface area contributed by atoms with Gasteiger partial charge < -0.3 is 14.2 Å². The van der Waals surface area contributed by atoms with Crippen LogP contribution in [0.3, 0.4) is 0 Å². The van der Waals surface area contributed by atoms with Gasteiger partial charge in [0, 0.05) is 5.56 Å². The second kappa shape index (κ2) is 10.6. The number of carbonyl (C=O) groups excluding carboxylic acids is 1. The molecule has 0 saturated heterocycles. The Hall–Kier alpha value is -3.91. The van der Waals surface area contributed by atoms with Gasteiger partial charge in [0.15, 0.2) is 4.80 Å². The van der Waals surface area contributed by atoms with Crippen LogP contribution in [0.1, 0.15) is 31.0 Å². The van der Waals surface area contributed by atoms with Crippen LogP contribution in [0, 0.1) is 0 Å². The minimum Gasteiger partial charge on any atom is -0.497 e. The number of hydrogen-bond acceptors (Lipinski definition) is 7. The Morgan fingerprint density at radius 1 is 1.14 bits per heavy atom. The summed E-state index contributed by atoms with van der Waals surface area (Å²) in [4.78, 5) is 31.6. The second-order valence-electron chi connectivity index (χ2n) is 7.72. The molecule has 0 saturated carbocycles. The number of fused-ring (bicyclic) bond motifs is 1. The molecule has 0 unspecified atom stereocenters. The summed E-state index contributed by atoms with van der Waals surface area (Å²) in [5.41, 5.74) is 2.27. The van der Waals surface area contributed by atoms with E-state index in [0.29, 0.717) is 37.7 Å². The Morgan fingerprint density at radius 3 is 2.60 bits per heavy atom. The Kier molecular flexibility index (Phi) is 7.31. The first-order valence-corrected chi connectivity index (χ1v) is 11.9. The van der Waals surface area contributed by atoms with Crippen LogP contribution in [0.4, 0.5) is 0 Å². The molecule has 0 N–H and O–H groups in total. The molecule has 35 heavy (non-hydrogen) atoms. The van der Waals surface area contributed by atoms with E-state index in [1.807, 2.05) is 42.5 Å². The van der Waals surface area contributed by atoms with Crippen molar-refractivity contribution in [2.75, 3.05) is 20.8 Å². The summed E-state index contributed by atoms with van der Waals surface area (Å²) in [6.45, 7) is 3.74. The van der Waals surface area contributed by atoms with Gasteiger partial charge in [-0.2, -0.15) is 0 Å². The molecule has 1 aromatic heterocycles. The van der Waals surface area contributed by atoms with Crippen LogP contribution in [0.25, 0.3) is 12.2 Å². The zero-order valence-electron chi connectivity index (χ0n) is 20.0. The molecule has 0 fully saturated rings. The maximum absolute atomic E-state index is 13.6. The zero-order chi connectivity index (χ0) is 24.9. The lowest BCUT2D eigenvalue weighted by Crippen LogP contribution is -2.38. The van der Waals surface area contributed by atoms with Gasteiger partial charge in [0.1, 0.15) is 11.5 Å². The van der Waals surface area contributed by atoms with Gasteiger partial charge in [0.2, 0.25) is 0 Å². The number of ether oxygens (including phenoxy) is 3. The molecule has 0 bridgehead atoms. The van der Waals surface area contributed by atoms with Crippen molar-refractivity contribution in [1.29, 1.82) is 0 Å². The number of benzene rings is 2. The summed E-state index contributed by atoms with van der Waals surface area (Å²) in [5, 5.41) is 0. The highest BCUT2D eigenvalue weighted by molar-refractivity contribution is 7.07. The fourth-order valence-corrected chi connectivity index (χ4v) is 4.92. The first kappa shape index (κ1) is 24.2. The quantitative estimate of drug-likeness (QED) is 0.474. The van der Waals surface area contributed by atoms with Crippen LogP contribution < -0.4 is 24.4 Å². The third kappa shape index (κ3) is 4.97. The lowest BCUT2D eigenvalue weighted by Gasteiger charge is -2.21. The van der Waals surface area contributed by atoms with E-state index < -0.39 is 12.0 Å². The van der Waals surface area contributed by atoms with Crippen molar-refractivity contribution in [2.24, 2.45) is 4.99 Å². The minimum absolute atomic E-state index is 0.227. The number of rotatable bonds is 7. The fourth-order valence-electron chi connectivity index (χ4n) is 3.88. The molecule has 4 rings (SSSR count). The van der Waals surface area contributed by atoms with E-state index >= 15 is 0 Å². The first-order chi connectivity index (χ1) is 17.0. The summed E-state index contributed by atoms with van der Waals surface area (Å²) < 4.78 is 18.1. The maximum atomic E-state index is 13.6. The van der Waals surface area contributed by atoms with Crippen LogP contribution in [0.5, 0.6) is 11.5 Å². The van der Waals surface area contributed by atoms with Gasteiger partial charge in [0.25, 0.3) is 5.56 Å². The van der Waals surface area contributed by atoms with Crippen molar-refractivity contribution >= 4 is 29.5 Å². The minimum atomic E-state index is -0.653. The normalized spacial score (nSPS) is 15.7. The average molecular weight is 491 g/mol. The van der Waals surface area contributed by atoms with Gasteiger partial charge in [0.05, 0.1) is 42.7 Å². The van der Waals surface area contributed by atoms with Crippen molar-refractivity contribution in [3.8, 4) is 11.5 Å². The summed E-state index contributed by atoms with van der Waals surface area (Å²) in [6, 6.07) is 14.4. The lowest BCUT2D eigenvalue weighted by atomic mass is 10.0. The molecular weight excluding hydrogens is 464 g/mol. The smallest absolute Gasteiger partial charge is 0.338 e. The van der Waals surface area contributed by atoms with Crippen LogP contribution in [0.15, 0.2) is 75.7 Å². The molecule has 7 nitrogen and oxygen atoms in total. The molecule has 0 spiro atoms. The number of thiazole rings is 1. The third-order valence-electron chi connectivity index (χ3n) is 5.55. The summed E-state index contributed by atoms with van der Waals surface area (Å²) in [6.07, 6.45) is 5.49. The number of aromatic nitrogens is 1. The number of esters is 1. The number of allylic oxidation sites excluding steroid dienone is 2. The molecule has 8 heteroatoms. The molecule has 2 heterocycles. The van der Waals surface area contributed by atoms with E-state index in [0.717, 1.165) is 5.56 Å². The van der Waals surface area contributed by atoms with E-state index in [1.165, 1.54) is 11.3 Å². The predicted octanol–water partition coefficient (Wildman–Crippen LogP) is 3.48. The first-order valence-electron chi connectivity index (χ1n) is 11.1. The number of hydrogen-bond donors (Lipinski definition) is 0. The average Bonchev–Trinajstić information content (AvgIpc) is 3.17. The fraction of sp³-hybridized carbons (Fsp3) is 0.222. The van der Waals surface area contributed by atoms with Crippen LogP contribution in [0.2, 0.25) is 0 Å². The highest BCUT2D eigenvalue weighted by Crippen LogP contribution is 2.27. The van der Waals surface area contributed by atoms with Crippen molar-refractivity contribution in [2.45, 2.75) is 19.9 Å². The van der Waals surface area contributed by atoms with Gasteiger partial charge in [-0.3, -0.25) is 9.36 Å². The molecule has 1 aliphatic heterocycles. The molecule has 0 amide bonds. The van der Waals surface area contributed by atoms with Crippen LogP contribution in [-0.4, -0.2) is 31.4 Å². The van der Waals surface area contributed by atoms with Gasteiger partial charge in [-0.15, -0.1) is 0 Å². The van der Waals surface area contributed by atoms with Gasteiger partial charge >= 0.3 is 5.97 Å². The Bertz CT molecular complexity index is 1480. The van der Waals surface area contributed by atoms with E-state index in [2.05, 4.69) is 4.99 Å². The molecule has 0 aliphatic carbocycles. The van der Waals surface area contributed by atoms with E-state index in [1.54, 1.807) is 56.9 Å². The monoisotopic (exact) mass is 490 g/mol.